The molecule has 0 unspecified atom stereocenters. The van der Waals surface area contributed by atoms with Gasteiger partial charge < -0.3 is 20.4 Å². The number of benzene rings is 1. The zero-order chi connectivity index (χ0) is 21.8. The van der Waals surface area contributed by atoms with Crippen LogP contribution in [-0.2, 0) is 13.0 Å². The molecule has 0 spiro atoms. The summed E-state index contributed by atoms with van der Waals surface area (Å²) in [6.45, 7) is 2.61. The number of amides is 1. The van der Waals surface area contributed by atoms with Crippen molar-refractivity contribution in [2.75, 3.05) is 12.4 Å². The van der Waals surface area contributed by atoms with E-state index in [4.69, 9.17) is 15.5 Å². The first-order chi connectivity index (χ1) is 15.0. The van der Waals surface area contributed by atoms with Crippen molar-refractivity contribution in [1.29, 1.82) is 0 Å². The number of rotatable bonds is 8. The first-order valence-electron chi connectivity index (χ1n) is 9.81. The highest BCUT2D eigenvalue weighted by molar-refractivity contribution is 7.14. The van der Waals surface area contributed by atoms with E-state index in [1.807, 2.05) is 54.8 Å². The van der Waals surface area contributed by atoms with E-state index in [9.17, 15) is 4.79 Å². The van der Waals surface area contributed by atoms with Crippen molar-refractivity contribution < 1.29 is 9.53 Å². The van der Waals surface area contributed by atoms with Crippen LogP contribution in [0.1, 0.15) is 21.6 Å². The number of nitrogens with zero attached hydrogens (tertiary/aromatic N) is 3. The third-order valence-corrected chi connectivity index (χ3v) is 5.85. The number of ether oxygens (including phenoxy) is 1. The first-order valence-corrected chi connectivity index (χ1v) is 10.7. The second-order valence-electron chi connectivity index (χ2n) is 7.05. The van der Waals surface area contributed by atoms with E-state index in [-0.39, 0.29) is 0 Å². The number of hydrogen-bond donors (Lipinski definition) is 2. The monoisotopic (exact) mass is 433 g/mol. The van der Waals surface area contributed by atoms with E-state index < -0.39 is 5.91 Å². The Kier molecular flexibility index (Phi) is 5.99. The number of aryl methyl sites for hydroxylation is 1. The Labute approximate surface area is 184 Å². The number of anilines is 2. The normalized spacial score (nSPS) is 10.8. The van der Waals surface area contributed by atoms with Gasteiger partial charge in [-0.05, 0) is 49.2 Å². The summed E-state index contributed by atoms with van der Waals surface area (Å²) in [6.07, 6.45) is 4.27. The van der Waals surface area contributed by atoms with E-state index in [0.29, 0.717) is 12.1 Å². The van der Waals surface area contributed by atoms with Crippen LogP contribution in [-0.4, -0.2) is 27.6 Å². The van der Waals surface area contributed by atoms with Gasteiger partial charge in [0.1, 0.15) is 5.75 Å². The van der Waals surface area contributed by atoms with Crippen LogP contribution in [0.15, 0.2) is 60.2 Å². The van der Waals surface area contributed by atoms with Gasteiger partial charge in [0.05, 0.1) is 35.9 Å². The van der Waals surface area contributed by atoms with E-state index >= 15 is 0 Å². The molecule has 31 heavy (non-hydrogen) atoms. The second-order valence-corrected chi connectivity index (χ2v) is 7.91. The molecule has 0 atom stereocenters. The average Bonchev–Trinajstić information content (AvgIpc) is 3.37. The number of aromatic nitrogens is 3. The predicted molar refractivity (Wildman–Crippen MR) is 123 cm³/mol. The lowest BCUT2D eigenvalue weighted by Crippen LogP contribution is -2.13. The molecule has 0 saturated carbocycles. The molecule has 1 amide bonds. The van der Waals surface area contributed by atoms with Gasteiger partial charge in [-0.25, -0.2) is 4.98 Å². The summed E-state index contributed by atoms with van der Waals surface area (Å²) >= 11 is 1.50. The van der Waals surface area contributed by atoms with Crippen molar-refractivity contribution >= 4 is 28.1 Å². The Morgan fingerprint density at radius 2 is 2.06 bits per heavy atom. The highest BCUT2D eigenvalue weighted by Gasteiger charge is 2.18. The van der Waals surface area contributed by atoms with Gasteiger partial charge in [0.2, 0.25) is 0 Å². The highest BCUT2D eigenvalue weighted by atomic mass is 32.1. The van der Waals surface area contributed by atoms with Crippen molar-refractivity contribution in [2.45, 2.75) is 19.9 Å². The molecule has 3 N–H and O–H groups in total. The third kappa shape index (κ3) is 4.59. The first kappa shape index (κ1) is 20.6. The van der Waals surface area contributed by atoms with E-state index in [1.165, 1.54) is 16.9 Å². The van der Waals surface area contributed by atoms with Crippen molar-refractivity contribution in [3.05, 3.63) is 77.1 Å². The molecule has 0 fully saturated rings. The molecule has 0 bridgehead atoms. The summed E-state index contributed by atoms with van der Waals surface area (Å²) in [4.78, 5) is 20.8. The topological polar surface area (TPSA) is 95.1 Å². The largest absolute Gasteiger partial charge is 0.497 e. The Balaban J connectivity index is 1.61. The molecule has 4 rings (SSSR count). The minimum absolute atomic E-state index is 0.439. The molecular weight excluding hydrogens is 410 g/mol. The van der Waals surface area contributed by atoms with Crippen molar-refractivity contribution in [3.8, 4) is 17.1 Å². The van der Waals surface area contributed by atoms with Crippen LogP contribution >= 0.6 is 11.3 Å². The number of nitrogens with two attached hydrogens (primary N) is 1. The summed E-state index contributed by atoms with van der Waals surface area (Å²) in [7, 11) is 1.65. The lowest BCUT2D eigenvalue weighted by Gasteiger charge is -2.11. The minimum atomic E-state index is -0.439. The Bertz CT molecular complexity index is 1180. The SMILES string of the molecule is COc1ccc(CCn2c(-c3csc(Nc4cccnc4)n3)cc(C(N)=O)c2C)cc1. The van der Waals surface area contributed by atoms with Crippen LogP contribution in [0.5, 0.6) is 5.75 Å². The molecule has 0 aliphatic heterocycles. The Morgan fingerprint density at radius 1 is 1.26 bits per heavy atom. The summed E-state index contributed by atoms with van der Waals surface area (Å²) in [5, 5.41) is 5.99. The summed E-state index contributed by atoms with van der Waals surface area (Å²) in [5.74, 6) is 0.389. The van der Waals surface area contributed by atoms with Gasteiger partial charge in [-0.15, -0.1) is 11.3 Å². The van der Waals surface area contributed by atoms with Crippen LogP contribution in [0, 0.1) is 6.92 Å². The van der Waals surface area contributed by atoms with Gasteiger partial charge in [0.15, 0.2) is 5.13 Å². The van der Waals surface area contributed by atoms with Crippen LogP contribution in [0.2, 0.25) is 0 Å². The number of carbonyl (C=O) groups excluding carboxylic acids is 1. The smallest absolute Gasteiger partial charge is 0.250 e. The number of thiazole rings is 1. The van der Waals surface area contributed by atoms with Crippen LogP contribution in [0.25, 0.3) is 11.4 Å². The fourth-order valence-corrected chi connectivity index (χ4v) is 4.16. The van der Waals surface area contributed by atoms with E-state index in [1.54, 1.807) is 19.5 Å². The molecule has 4 aromatic rings. The molecule has 8 heteroatoms. The van der Waals surface area contributed by atoms with Gasteiger partial charge in [0.25, 0.3) is 5.91 Å². The average molecular weight is 434 g/mol. The number of carbonyl (C=O) groups is 1. The highest BCUT2D eigenvalue weighted by Crippen LogP contribution is 2.30. The summed E-state index contributed by atoms with van der Waals surface area (Å²) in [5.41, 5.74) is 10.7. The van der Waals surface area contributed by atoms with Crippen molar-refractivity contribution in [1.82, 2.24) is 14.5 Å². The quantitative estimate of drug-likeness (QED) is 0.429. The molecule has 0 saturated heterocycles. The van der Waals surface area contributed by atoms with Crippen LogP contribution in [0.3, 0.4) is 0 Å². The van der Waals surface area contributed by atoms with Gasteiger partial charge in [-0.1, -0.05) is 12.1 Å². The zero-order valence-electron chi connectivity index (χ0n) is 17.3. The zero-order valence-corrected chi connectivity index (χ0v) is 18.1. The second kappa shape index (κ2) is 9.01. The number of pyridine rings is 1. The number of methoxy groups -OCH3 is 1. The number of hydrogen-bond acceptors (Lipinski definition) is 6. The number of nitrogens with one attached hydrogen (secondary N) is 1. The maximum absolute atomic E-state index is 12.0. The van der Waals surface area contributed by atoms with Crippen molar-refractivity contribution in [3.63, 3.8) is 0 Å². The fraction of sp³-hybridized carbons (Fsp3) is 0.174. The fourth-order valence-electron chi connectivity index (χ4n) is 3.44. The van der Waals surface area contributed by atoms with E-state index in [2.05, 4.69) is 14.9 Å². The lowest BCUT2D eigenvalue weighted by atomic mass is 10.1. The molecule has 0 radical (unpaired) electrons. The van der Waals surface area contributed by atoms with Gasteiger partial charge in [-0.3, -0.25) is 9.78 Å². The molecule has 3 aromatic heterocycles. The molecule has 0 aliphatic carbocycles. The third-order valence-electron chi connectivity index (χ3n) is 5.09. The van der Waals surface area contributed by atoms with Crippen molar-refractivity contribution in [2.24, 2.45) is 5.73 Å². The maximum Gasteiger partial charge on any atom is 0.250 e. The molecule has 7 nitrogen and oxygen atoms in total. The van der Waals surface area contributed by atoms with Crippen LogP contribution in [0.4, 0.5) is 10.8 Å². The number of primary amides is 1. The van der Waals surface area contributed by atoms with E-state index in [0.717, 1.165) is 40.1 Å². The molecular formula is C23H23N5O2S. The van der Waals surface area contributed by atoms with Crippen LogP contribution < -0.4 is 15.8 Å². The standard InChI is InChI=1S/C23H23N5O2S/c1-15-19(22(24)29)12-21(28(15)11-9-16-5-7-18(30-2)8-6-16)20-14-31-23(27-20)26-17-4-3-10-25-13-17/h3-8,10,12-14H,9,11H2,1-2H3,(H2,24,29)(H,26,27). The minimum Gasteiger partial charge on any atom is -0.497 e. The molecule has 0 aliphatic rings. The molecule has 1 aromatic carbocycles. The van der Waals surface area contributed by atoms with Gasteiger partial charge in [-0.2, -0.15) is 0 Å². The predicted octanol–water partition coefficient (Wildman–Crippen LogP) is 4.41. The lowest BCUT2D eigenvalue weighted by molar-refractivity contribution is 0.0999. The van der Waals surface area contributed by atoms with Gasteiger partial charge >= 0.3 is 0 Å². The van der Waals surface area contributed by atoms with Gasteiger partial charge in [0, 0.05) is 23.8 Å². The summed E-state index contributed by atoms with van der Waals surface area (Å²) < 4.78 is 7.33. The Hall–Kier alpha value is -3.65. The molecule has 3 heterocycles. The Morgan fingerprint density at radius 3 is 2.74 bits per heavy atom. The summed E-state index contributed by atoms with van der Waals surface area (Å²) in [6, 6.07) is 13.6. The maximum atomic E-state index is 12.0. The molecule has 158 valence electrons.